The van der Waals surface area contributed by atoms with Crippen LogP contribution in [0.3, 0.4) is 0 Å². The standard InChI is InChI=1S/C24H24N4O7S3/c29-17-13-28(38(33,34)20-3-1-2-8-27(20)32)16-6-9-26(22(16)17)23(30)15(11-14-4-5-14)25-24(31)35-21-12-19-18(37-21)7-10-36-19/h1-3,7-8,10,12,14-16,22H,4-6,9,11,13H2,(H,25,31). The summed E-state index contributed by atoms with van der Waals surface area (Å²) in [6.07, 6.45) is 2.90. The van der Waals surface area contributed by atoms with Crippen molar-refractivity contribution in [2.75, 3.05) is 13.1 Å². The number of rotatable bonds is 7. The third-order valence-electron chi connectivity index (χ3n) is 7.19. The molecule has 200 valence electrons. The third-order valence-corrected chi connectivity index (χ3v) is 11.0. The molecule has 38 heavy (non-hydrogen) atoms. The number of ether oxygens (including phenoxy) is 1. The number of thiophene rings is 2. The van der Waals surface area contributed by atoms with Crippen molar-refractivity contribution in [3.63, 3.8) is 0 Å². The SMILES string of the molecule is O=C(NC(CC1CC1)C(=O)N1CCC2C1C(=O)CN2S(=O)(=O)c1cccc[n+]1[O-])Oc1cc2sccc2s1. The minimum atomic E-state index is -4.26. The van der Waals surface area contributed by atoms with Crippen molar-refractivity contribution in [3.05, 3.63) is 47.1 Å². The maximum absolute atomic E-state index is 13.7. The third kappa shape index (κ3) is 4.55. The summed E-state index contributed by atoms with van der Waals surface area (Å²) in [4.78, 5) is 40.8. The molecule has 6 rings (SSSR count). The van der Waals surface area contributed by atoms with Gasteiger partial charge in [-0.25, -0.2) is 13.2 Å². The Morgan fingerprint density at radius 3 is 2.76 bits per heavy atom. The van der Waals surface area contributed by atoms with Gasteiger partial charge in [0.1, 0.15) is 12.1 Å². The van der Waals surface area contributed by atoms with Crippen molar-refractivity contribution in [3.8, 4) is 5.06 Å². The van der Waals surface area contributed by atoms with Gasteiger partial charge in [0.05, 0.1) is 12.6 Å². The van der Waals surface area contributed by atoms with Crippen molar-refractivity contribution >= 4 is 59.9 Å². The number of Topliss-reactive ketones (excluding diaryl/α,β-unsaturated/α-hetero) is 1. The number of hydrogen-bond donors (Lipinski definition) is 1. The van der Waals surface area contributed by atoms with Crippen LogP contribution in [0, 0.1) is 11.1 Å². The van der Waals surface area contributed by atoms with E-state index >= 15 is 0 Å². The predicted molar refractivity (Wildman–Crippen MR) is 138 cm³/mol. The molecular weight excluding hydrogens is 552 g/mol. The summed E-state index contributed by atoms with van der Waals surface area (Å²) in [6, 6.07) is 5.12. The van der Waals surface area contributed by atoms with Gasteiger partial charge in [0.15, 0.2) is 17.0 Å². The first-order chi connectivity index (χ1) is 18.2. The van der Waals surface area contributed by atoms with Gasteiger partial charge < -0.3 is 20.2 Å². The Hall–Kier alpha value is -3.07. The zero-order valence-electron chi connectivity index (χ0n) is 20.0. The van der Waals surface area contributed by atoms with E-state index in [2.05, 4.69) is 5.32 Å². The van der Waals surface area contributed by atoms with Crippen LogP contribution in [-0.4, -0.2) is 66.6 Å². The molecule has 3 unspecified atom stereocenters. The smallest absolute Gasteiger partial charge is 0.414 e. The van der Waals surface area contributed by atoms with E-state index in [9.17, 15) is 28.0 Å². The van der Waals surface area contributed by atoms with Crippen LogP contribution in [0.25, 0.3) is 9.40 Å². The molecule has 5 heterocycles. The first-order valence-electron chi connectivity index (χ1n) is 12.2. The number of carbonyl (C=O) groups excluding carboxylic acids is 3. The molecule has 2 aliphatic heterocycles. The minimum Gasteiger partial charge on any atom is -0.618 e. The van der Waals surface area contributed by atoms with Gasteiger partial charge in [-0.15, -0.1) is 11.3 Å². The molecule has 0 bridgehead atoms. The van der Waals surface area contributed by atoms with Crippen LogP contribution < -0.4 is 14.8 Å². The molecule has 1 saturated carbocycles. The second-order valence-electron chi connectivity index (χ2n) is 9.69. The molecule has 3 atom stereocenters. The predicted octanol–water partition coefficient (Wildman–Crippen LogP) is 2.10. The van der Waals surface area contributed by atoms with Gasteiger partial charge in [-0.05, 0) is 36.3 Å². The molecule has 2 amide bonds. The van der Waals surface area contributed by atoms with E-state index in [1.807, 2.05) is 11.4 Å². The van der Waals surface area contributed by atoms with Crippen molar-refractivity contribution in [2.45, 2.75) is 48.8 Å². The van der Waals surface area contributed by atoms with Crippen LogP contribution in [0.15, 0.2) is 46.9 Å². The van der Waals surface area contributed by atoms with Gasteiger partial charge in [0, 0.05) is 34.1 Å². The average molecular weight is 577 g/mol. The number of amides is 2. The van der Waals surface area contributed by atoms with Gasteiger partial charge in [-0.2, -0.15) is 9.04 Å². The first-order valence-corrected chi connectivity index (χ1v) is 15.3. The molecule has 0 radical (unpaired) electrons. The number of aromatic nitrogens is 1. The number of pyridine rings is 1. The highest BCUT2D eigenvalue weighted by molar-refractivity contribution is 7.89. The second-order valence-corrected chi connectivity index (χ2v) is 13.5. The zero-order chi connectivity index (χ0) is 26.6. The Bertz CT molecular complexity index is 1500. The molecular formula is C24H24N4O7S3. The van der Waals surface area contributed by atoms with Gasteiger partial charge in [-0.3, -0.25) is 9.59 Å². The Balaban J connectivity index is 1.18. The summed E-state index contributed by atoms with van der Waals surface area (Å²) in [5, 5.41) is 16.7. The lowest BCUT2D eigenvalue weighted by molar-refractivity contribution is -0.646. The molecule has 1 aliphatic carbocycles. The Morgan fingerprint density at radius 2 is 2.03 bits per heavy atom. The summed E-state index contributed by atoms with van der Waals surface area (Å²) in [6.45, 7) is -0.258. The quantitative estimate of drug-likeness (QED) is 0.336. The van der Waals surface area contributed by atoms with Gasteiger partial charge in [0.25, 0.3) is 0 Å². The van der Waals surface area contributed by atoms with Crippen molar-refractivity contribution in [2.24, 2.45) is 5.92 Å². The fourth-order valence-corrected chi connectivity index (χ4v) is 8.84. The van der Waals surface area contributed by atoms with Crippen LogP contribution in [0.1, 0.15) is 25.7 Å². The summed E-state index contributed by atoms with van der Waals surface area (Å²) < 4.78 is 35.2. The summed E-state index contributed by atoms with van der Waals surface area (Å²) >= 11 is 2.87. The lowest BCUT2D eigenvalue weighted by Crippen LogP contribution is -2.53. The van der Waals surface area contributed by atoms with Gasteiger partial charge in [-0.1, -0.05) is 24.2 Å². The van der Waals surface area contributed by atoms with Crippen LogP contribution in [-0.2, 0) is 19.6 Å². The van der Waals surface area contributed by atoms with Crippen molar-refractivity contribution in [1.29, 1.82) is 0 Å². The molecule has 0 spiro atoms. The average Bonchev–Trinajstić information content (AvgIpc) is 3.18. The second kappa shape index (κ2) is 9.59. The normalized spacial score (nSPS) is 22.5. The monoisotopic (exact) mass is 576 g/mol. The molecule has 14 heteroatoms. The molecule has 3 aromatic rings. The maximum atomic E-state index is 13.7. The van der Waals surface area contributed by atoms with Crippen LogP contribution >= 0.6 is 22.7 Å². The van der Waals surface area contributed by atoms with Crippen LogP contribution in [0.4, 0.5) is 4.79 Å². The van der Waals surface area contributed by atoms with E-state index in [0.29, 0.717) is 11.5 Å². The highest BCUT2D eigenvalue weighted by atomic mass is 32.2. The summed E-state index contributed by atoms with van der Waals surface area (Å²) in [5.74, 6) is -0.555. The highest BCUT2D eigenvalue weighted by Crippen LogP contribution is 2.38. The van der Waals surface area contributed by atoms with Crippen molar-refractivity contribution < 1.29 is 32.3 Å². The van der Waals surface area contributed by atoms with Crippen LogP contribution in [0.2, 0.25) is 0 Å². The number of nitrogens with zero attached hydrogens (tertiary/aromatic N) is 3. The number of ketones is 1. The van der Waals surface area contributed by atoms with Crippen LogP contribution in [0.5, 0.6) is 5.06 Å². The van der Waals surface area contributed by atoms with Gasteiger partial charge in [0.2, 0.25) is 5.91 Å². The molecule has 11 nitrogen and oxygen atoms in total. The Morgan fingerprint density at radius 1 is 1.21 bits per heavy atom. The summed E-state index contributed by atoms with van der Waals surface area (Å²) in [7, 11) is -4.26. The van der Waals surface area contributed by atoms with E-state index in [-0.39, 0.29) is 23.6 Å². The number of sulfonamides is 1. The Labute approximate surface area is 226 Å². The maximum Gasteiger partial charge on any atom is 0.414 e. The van der Waals surface area contributed by atoms with Crippen molar-refractivity contribution in [1.82, 2.24) is 14.5 Å². The number of carbonyl (C=O) groups is 3. The highest BCUT2D eigenvalue weighted by Gasteiger charge is 2.55. The molecule has 3 fully saturated rings. The molecule has 3 aromatic heterocycles. The number of nitrogens with one attached hydrogen (secondary N) is 1. The number of hydrogen-bond acceptors (Lipinski definition) is 9. The lowest BCUT2D eigenvalue weighted by Gasteiger charge is -2.28. The fraction of sp³-hybridized carbons (Fsp3) is 0.417. The largest absolute Gasteiger partial charge is 0.618 e. The van der Waals surface area contributed by atoms with E-state index in [1.54, 1.807) is 6.07 Å². The van der Waals surface area contributed by atoms with E-state index < -0.39 is 57.5 Å². The molecule has 1 N–H and O–H groups in total. The van der Waals surface area contributed by atoms with Gasteiger partial charge >= 0.3 is 21.1 Å². The Kier molecular flexibility index (Phi) is 6.37. The number of likely N-dealkylation sites (tertiary alicyclic amines) is 1. The molecule has 2 saturated heterocycles. The minimum absolute atomic E-state index is 0.164. The van der Waals surface area contributed by atoms with E-state index in [4.69, 9.17) is 4.74 Å². The fourth-order valence-electron chi connectivity index (χ4n) is 5.24. The number of fused-ring (bicyclic) bond motifs is 2. The summed E-state index contributed by atoms with van der Waals surface area (Å²) in [5.41, 5.74) is 0. The van der Waals surface area contributed by atoms with E-state index in [1.165, 1.54) is 45.8 Å². The molecule has 0 aromatic carbocycles. The first kappa shape index (κ1) is 25.2. The zero-order valence-corrected chi connectivity index (χ0v) is 22.5. The molecule has 3 aliphatic rings. The lowest BCUT2D eigenvalue weighted by atomic mass is 10.1. The van der Waals surface area contributed by atoms with E-state index in [0.717, 1.165) is 32.7 Å². The topological polar surface area (TPSA) is 140 Å².